The molecule has 3 rings (SSSR count). The standard InChI is InChI=1S/C20H22F3N3O2/c1-26-11-3-2-9-17(26)18(27)25-13-14-6-5-10-24-19(14)28-16-8-4-7-15(12-16)20(21,22)23/h4-8,10,12,17H,2-3,9,11,13H2,1H3,(H,25,27)/t17-/m1/s1. The van der Waals surface area contributed by atoms with Gasteiger partial charge in [-0.1, -0.05) is 18.6 Å². The lowest BCUT2D eigenvalue weighted by molar-refractivity contribution is -0.137. The zero-order valence-electron chi connectivity index (χ0n) is 15.5. The number of pyridine rings is 1. The van der Waals surface area contributed by atoms with Crippen LogP contribution in [0.5, 0.6) is 11.6 Å². The topological polar surface area (TPSA) is 54.5 Å². The van der Waals surface area contributed by atoms with Gasteiger partial charge in [0.05, 0.1) is 11.6 Å². The lowest BCUT2D eigenvalue weighted by atomic mass is 10.0. The molecule has 1 aromatic carbocycles. The number of rotatable bonds is 5. The van der Waals surface area contributed by atoms with Crippen LogP contribution in [0.1, 0.15) is 30.4 Å². The van der Waals surface area contributed by atoms with E-state index in [2.05, 4.69) is 10.3 Å². The zero-order chi connectivity index (χ0) is 20.1. The first-order chi connectivity index (χ1) is 13.3. The first kappa shape index (κ1) is 20.1. The first-order valence-corrected chi connectivity index (χ1v) is 9.11. The van der Waals surface area contributed by atoms with Gasteiger partial charge in [0, 0.05) is 18.3 Å². The number of likely N-dealkylation sites (tertiary alicyclic amines) is 1. The molecule has 1 N–H and O–H groups in total. The van der Waals surface area contributed by atoms with E-state index in [4.69, 9.17) is 4.74 Å². The Morgan fingerprint density at radius 2 is 2.11 bits per heavy atom. The van der Waals surface area contributed by atoms with Crippen LogP contribution in [0.2, 0.25) is 0 Å². The van der Waals surface area contributed by atoms with Crippen molar-refractivity contribution in [2.24, 2.45) is 0 Å². The molecule has 0 bridgehead atoms. The Morgan fingerprint density at radius 3 is 2.86 bits per heavy atom. The Hall–Kier alpha value is -2.61. The van der Waals surface area contributed by atoms with Crippen LogP contribution in [0.25, 0.3) is 0 Å². The highest BCUT2D eigenvalue weighted by molar-refractivity contribution is 5.81. The van der Waals surface area contributed by atoms with Crippen LogP contribution in [0, 0.1) is 0 Å². The number of halogens is 3. The molecule has 8 heteroatoms. The second kappa shape index (κ2) is 8.60. The van der Waals surface area contributed by atoms with Crippen LogP contribution in [0.3, 0.4) is 0 Å². The van der Waals surface area contributed by atoms with Gasteiger partial charge < -0.3 is 10.1 Å². The monoisotopic (exact) mass is 393 g/mol. The molecule has 0 aliphatic carbocycles. The fourth-order valence-electron chi connectivity index (χ4n) is 3.20. The highest BCUT2D eigenvalue weighted by atomic mass is 19.4. The van der Waals surface area contributed by atoms with Gasteiger partial charge in [-0.25, -0.2) is 4.98 Å². The van der Waals surface area contributed by atoms with E-state index in [1.807, 2.05) is 11.9 Å². The fourth-order valence-corrected chi connectivity index (χ4v) is 3.20. The van der Waals surface area contributed by atoms with Crippen LogP contribution in [0.15, 0.2) is 42.6 Å². The highest BCUT2D eigenvalue weighted by Crippen LogP contribution is 2.32. The average molecular weight is 393 g/mol. The number of nitrogens with one attached hydrogen (secondary N) is 1. The number of aromatic nitrogens is 1. The Morgan fingerprint density at radius 1 is 1.29 bits per heavy atom. The molecule has 1 atom stereocenters. The van der Waals surface area contributed by atoms with Crippen molar-refractivity contribution in [1.29, 1.82) is 0 Å². The van der Waals surface area contributed by atoms with Crippen molar-refractivity contribution in [2.45, 2.75) is 38.0 Å². The number of ether oxygens (including phenoxy) is 1. The van der Waals surface area contributed by atoms with E-state index in [1.165, 1.54) is 18.3 Å². The molecule has 28 heavy (non-hydrogen) atoms. The number of hydrogen-bond acceptors (Lipinski definition) is 4. The summed E-state index contributed by atoms with van der Waals surface area (Å²) >= 11 is 0. The minimum atomic E-state index is -4.45. The molecule has 0 spiro atoms. The molecule has 1 aliphatic heterocycles. The van der Waals surface area contributed by atoms with Crippen LogP contribution in [-0.4, -0.2) is 35.4 Å². The van der Waals surface area contributed by atoms with E-state index >= 15 is 0 Å². The molecular weight excluding hydrogens is 371 g/mol. The minimum absolute atomic E-state index is 0.0353. The van der Waals surface area contributed by atoms with Gasteiger partial charge in [0.1, 0.15) is 5.75 Å². The predicted molar refractivity (Wildman–Crippen MR) is 97.9 cm³/mol. The molecule has 0 radical (unpaired) electrons. The molecule has 0 unspecified atom stereocenters. The van der Waals surface area contributed by atoms with Crippen molar-refractivity contribution in [2.75, 3.05) is 13.6 Å². The van der Waals surface area contributed by atoms with E-state index in [9.17, 15) is 18.0 Å². The van der Waals surface area contributed by atoms with Crippen LogP contribution in [0.4, 0.5) is 13.2 Å². The number of carbonyl (C=O) groups excluding carboxylic acids is 1. The Bertz CT molecular complexity index is 826. The second-order valence-electron chi connectivity index (χ2n) is 6.81. The SMILES string of the molecule is CN1CCCC[C@@H]1C(=O)NCc1cccnc1Oc1cccc(C(F)(F)F)c1. The summed E-state index contributed by atoms with van der Waals surface area (Å²) in [4.78, 5) is 18.6. The third-order valence-electron chi connectivity index (χ3n) is 4.75. The first-order valence-electron chi connectivity index (χ1n) is 9.11. The van der Waals surface area contributed by atoms with Crippen molar-refractivity contribution >= 4 is 5.91 Å². The van der Waals surface area contributed by atoms with Crippen LogP contribution < -0.4 is 10.1 Å². The molecule has 1 fully saturated rings. The molecule has 150 valence electrons. The van der Waals surface area contributed by atoms with E-state index in [1.54, 1.807) is 12.1 Å². The van der Waals surface area contributed by atoms with E-state index in [0.717, 1.165) is 37.9 Å². The molecule has 5 nitrogen and oxygen atoms in total. The van der Waals surface area contributed by atoms with Gasteiger partial charge in [0.15, 0.2) is 0 Å². The smallest absolute Gasteiger partial charge is 0.416 e. The number of likely N-dealkylation sites (N-methyl/N-ethyl adjacent to an activating group) is 1. The summed E-state index contributed by atoms with van der Waals surface area (Å²) < 4.78 is 44.2. The predicted octanol–water partition coefficient (Wildman–Crippen LogP) is 3.99. The van der Waals surface area contributed by atoms with Gasteiger partial charge in [-0.2, -0.15) is 13.2 Å². The second-order valence-corrected chi connectivity index (χ2v) is 6.81. The average Bonchev–Trinajstić information content (AvgIpc) is 2.67. The minimum Gasteiger partial charge on any atom is -0.439 e. The van der Waals surface area contributed by atoms with Crippen molar-refractivity contribution in [3.8, 4) is 11.6 Å². The van der Waals surface area contributed by atoms with Crippen molar-refractivity contribution in [3.05, 3.63) is 53.7 Å². The van der Waals surface area contributed by atoms with E-state index in [-0.39, 0.29) is 30.1 Å². The number of alkyl halides is 3. The summed E-state index contributed by atoms with van der Waals surface area (Å²) in [6.45, 7) is 1.07. The maximum Gasteiger partial charge on any atom is 0.416 e. The van der Waals surface area contributed by atoms with Gasteiger partial charge in [-0.05, 0) is 50.7 Å². The van der Waals surface area contributed by atoms with Crippen molar-refractivity contribution < 1.29 is 22.7 Å². The van der Waals surface area contributed by atoms with Gasteiger partial charge in [0.2, 0.25) is 11.8 Å². The molecule has 2 heterocycles. The normalized spacial score (nSPS) is 17.9. The summed E-state index contributed by atoms with van der Waals surface area (Å²) in [6, 6.07) is 7.86. The van der Waals surface area contributed by atoms with E-state index in [0.29, 0.717) is 5.56 Å². The van der Waals surface area contributed by atoms with Crippen molar-refractivity contribution in [1.82, 2.24) is 15.2 Å². The molecule has 0 saturated carbocycles. The molecule has 1 amide bonds. The zero-order valence-corrected chi connectivity index (χ0v) is 15.5. The summed E-state index contributed by atoms with van der Waals surface area (Å²) in [6.07, 6.45) is -0.0600. The van der Waals surface area contributed by atoms with Gasteiger partial charge >= 0.3 is 6.18 Å². The fraction of sp³-hybridized carbons (Fsp3) is 0.400. The molecule has 2 aromatic rings. The lowest BCUT2D eigenvalue weighted by Gasteiger charge is -2.31. The maximum absolute atomic E-state index is 12.9. The van der Waals surface area contributed by atoms with Gasteiger partial charge in [-0.15, -0.1) is 0 Å². The number of amides is 1. The third kappa shape index (κ3) is 5.01. The molecule has 1 aliphatic rings. The molecular formula is C20H22F3N3O2. The third-order valence-corrected chi connectivity index (χ3v) is 4.75. The molecule has 1 saturated heterocycles. The number of carbonyl (C=O) groups is 1. The number of hydrogen-bond donors (Lipinski definition) is 1. The number of benzene rings is 1. The summed E-state index contributed by atoms with van der Waals surface area (Å²) in [7, 11) is 1.93. The number of nitrogens with zero attached hydrogens (tertiary/aromatic N) is 2. The molecule has 1 aromatic heterocycles. The van der Waals surface area contributed by atoms with Crippen LogP contribution >= 0.6 is 0 Å². The Kier molecular flexibility index (Phi) is 6.18. The summed E-state index contributed by atoms with van der Waals surface area (Å²) in [5, 5.41) is 2.88. The lowest BCUT2D eigenvalue weighted by Crippen LogP contribution is -2.47. The van der Waals surface area contributed by atoms with E-state index < -0.39 is 11.7 Å². The van der Waals surface area contributed by atoms with Gasteiger partial charge in [0.25, 0.3) is 0 Å². The largest absolute Gasteiger partial charge is 0.439 e. The summed E-state index contributed by atoms with van der Waals surface area (Å²) in [5.41, 5.74) is -0.206. The number of piperidine rings is 1. The van der Waals surface area contributed by atoms with Gasteiger partial charge in [-0.3, -0.25) is 9.69 Å². The van der Waals surface area contributed by atoms with Crippen molar-refractivity contribution in [3.63, 3.8) is 0 Å². The Labute approximate surface area is 161 Å². The quantitative estimate of drug-likeness (QED) is 0.835. The summed E-state index contributed by atoms with van der Waals surface area (Å²) in [5.74, 6) is 0.128. The highest BCUT2D eigenvalue weighted by Gasteiger charge is 2.31. The van der Waals surface area contributed by atoms with Crippen LogP contribution in [-0.2, 0) is 17.5 Å². The maximum atomic E-state index is 12.9. The Balaban J connectivity index is 1.69.